The van der Waals surface area contributed by atoms with Crippen LogP contribution >= 0.6 is 0 Å². The number of fused-ring (bicyclic) bond motifs is 1. The number of carbonyl (C=O) groups is 1. The Hall–Kier alpha value is -1.72. The lowest BCUT2D eigenvalue weighted by Crippen LogP contribution is -2.37. The molecule has 0 bridgehead atoms. The Kier molecular flexibility index (Phi) is 4.44. The van der Waals surface area contributed by atoms with Gasteiger partial charge in [-0.1, -0.05) is 0 Å². The summed E-state index contributed by atoms with van der Waals surface area (Å²) in [5, 5.41) is 4.50. The van der Waals surface area contributed by atoms with Gasteiger partial charge in [0.15, 0.2) is 0 Å². The number of carbonyl (C=O) groups excluding carboxylic acids is 1. The number of hydrogen-bond acceptors (Lipinski definition) is 4. The molecule has 6 heteroatoms. The van der Waals surface area contributed by atoms with Crippen molar-refractivity contribution in [2.75, 3.05) is 13.7 Å². The summed E-state index contributed by atoms with van der Waals surface area (Å²) in [4.78, 5) is 14.1. The summed E-state index contributed by atoms with van der Waals surface area (Å²) in [7, 11) is 3.50. The molecule has 0 aliphatic carbocycles. The third kappa shape index (κ3) is 3.68. The number of aryl methyl sites for hydroxylation is 2. The first kappa shape index (κ1) is 15.7. The highest BCUT2D eigenvalue weighted by Gasteiger charge is 2.27. The van der Waals surface area contributed by atoms with Gasteiger partial charge in [0.2, 0.25) is 5.88 Å². The molecule has 0 unspecified atom stereocenters. The van der Waals surface area contributed by atoms with Gasteiger partial charge in [-0.15, -0.1) is 0 Å². The van der Waals surface area contributed by atoms with Crippen LogP contribution in [0.5, 0.6) is 5.88 Å². The fraction of sp³-hybridized carbons (Fsp3) is 0.733. The Balaban J connectivity index is 2.24. The van der Waals surface area contributed by atoms with Crippen LogP contribution < -0.4 is 4.74 Å². The summed E-state index contributed by atoms with van der Waals surface area (Å²) in [6, 6.07) is 0. The van der Waals surface area contributed by atoms with Crippen molar-refractivity contribution in [3.05, 3.63) is 11.3 Å². The summed E-state index contributed by atoms with van der Waals surface area (Å²) < 4.78 is 12.7. The molecule has 2 rings (SSSR count). The van der Waals surface area contributed by atoms with Crippen LogP contribution in [0.4, 0.5) is 4.79 Å². The van der Waals surface area contributed by atoms with Crippen LogP contribution in [-0.2, 0) is 24.8 Å². The number of amides is 1. The average molecular weight is 295 g/mol. The second-order valence-corrected chi connectivity index (χ2v) is 6.42. The SMILES string of the molecule is COc1c2c(nn1C)CCCCN(C(=O)OC(C)(C)C)C2. The van der Waals surface area contributed by atoms with Crippen molar-refractivity contribution in [1.29, 1.82) is 0 Å². The van der Waals surface area contributed by atoms with Crippen LogP contribution in [0.1, 0.15) is 44.9 Å². The van der Waals surface area contributed by atoms with Gasteiger partial charge in [-0.05, 0) is 40.0 Å². The molecule has 118 valence electrons. The van der Waals surface area contributed by atoms with Crippen molar-refractivity contribution >= 4 is 6.09 Å². The van der Waals surface area contributed by atoms with E-state index in [1.807, 2.05) is 27.8 Å². The van der Waals surface area contributed by atoms with Gasteiger partial charge in [0.1, 0.15) is 5.60 Å². The zero-order valence-corrected chi connectivity index (χ0v) is 13.6. The lowest BCUT2D eigenvalue weighted by Gasteiger charge is -2.28. The first-order chi connectivity index (χ1) is 9.81. The van der Waals surface area contributed by atoms with E-state index < -0.39 is 5.60 Å². The Morgan fingerprint density at radius 2 is 2.00 bits per heavy atom. The minimum absolute atomic E-state index is 0.277. The van der Waals surface area contributed by atoms with E-state index in [4.69, 9.17) is 9.47 Å². The fourth-order valence-corrected chi connectivity index (χ4v) is 2.57. The van der Waals surface area contributed by atoms with Crippen molar-refractivity contribution in [3.8, 4) is 5.88 Å². The number of ether oxygens (including phenoxy) is 2. The van der Waals surface area contributed by atoms with Gasteiger partial charge >= 0.3 is 6.09 Å². The third-order valence-corrected chi connectivity index (χ3v) is 3.46. The van der Waals surface area contributed by atoms with E-state index in [0.29, 0.717) is 13.1 Å². The number of rotatable bonds is 1. The van der Waals surface area contributed by atoms with E-state index in [9.17, 15) is 4.79 Å². The van der Waals surface area contributed by atoms with Crippen LogP contribution in [0.2, 0.25) is 0 Å². The third-order valence-electron chi connectivity index (χ3n) is 3.46. The van der Waals surface area contributed by atoms with Gasteiger partial charge in [-0.25, -0.2) is 9.48 Å². The van der Waals surface area contributed by atoms with Gasteiger partial charge in [0, 0.05) is 13.6 Å². The largest absolute Gasteiger partial charge is 0.481 e. The summed E-state index contributed by atoms with van der Waals surface area (Å²) >= 11 is 0. The highest BCUT2D eigenvalue weighted by atomic mass is 16.6. The lowest BCUT2D eigenvalue weighted by atomic mass is 10.1. The van der Waals surface area contributed by atoms with E-state index >= 15 is 0 Å². The molecule has 1 aliphatic rings. The lowest BCUT2D eigenvalue weighted by molar-refractivity contribution is 0.0226. The Morgan fingerprint density at radius 1 is 1.29 bits per heavy atom. The van der Waals surface area contributed by atoms with Gasteiger partial charge in [-0.3, -0.25) is 0 Å². The van der Waals surface area contributed by atoms with Crippen LogP contribution in [0.3, 0.4) is 0 Å². The second-order valence-electron chi connectivity index (χ2n) is 6.42. The quantitative estimate of drug-likeness (QED) is 0.799. The molecule has 1 aromatic rings. The molecule has 1 aromatic heterocycles. The molecule has 0 radical (unpaired) electrons. The fourth-order valence-electron chi connectivity index (χ4n) is 2.57. The highest BCUT2D eigenvalue weighted by molar-refractivity contribution is 5.68. The molecular weight excluding hydrogens is 270 g/mol. The van der Waals surface area contributed by atoms with E-state index in [-0.39, 0.29) is 6.09 Å². The molecule has 21 heavy (non-hydrogen) atoms. The van der Waals surface area contributed by atoms with Crippen LogP contribution in [0, 0.1) is 0 Å². The first-order valence-electron chi connectivity index (χ1n) is 7.38. The van der Waals surface area contributed by atoms with Crippen LogP contribution in [0.25, 0.3) is 0 Å². The second kappa shape index (κ2) is 5.95. The minimum Gasteiger partial charge on any atom is -0.481 e. The van der Waals surface area contributed by atoms with Gasteiger partial charge < -0.3 is 14.4 Å². The van der Waals surface area contributed by atoms with E-state index in [1.165, 1.54) is 0 Å². The monoisotopic (exact) mass is 295 g/mol. The molecule has 1 amide bonds. The molecule has 0 atom stereocenters. The van der Waals surface area contributed by atoms with E-state index in [0.717, 1.165) is 36.4 Å². The Morgan fingerprint density at radius 3 is 2.62 bits per heavy atom. The molecular formula is C15H25N3O3. The predicted molar refractivity (Wildman–Crippen MR) is 79.3 cm³/mol. The molecule has 0 aromatic carbocycles. The van der Waals surface area contributed by atoms with Gasteiger partial charge in [0.25, 0.3) is 0 Å². The zero-order chi connectivity index (χ0) is 15.6. The molecule has 2 heterocycles. The van der Waals surface area contributed by atoms with E-state index in [1.54, 1.807) is 16.7 Å². The maximum absolute atomic E-state index is 12.3. The zero-order valence-electron chi connectivity index (χ0n) is 13.6. The Bertz CT molecular complexity index is 517. The van der Waals surface area contributed by atoms with Crippen molar-refractivity contribution < 1.29 is 14.3 Å². The van der Waals surface area contributed by atoms with Gasteiger partial charge in [-0.2, -0.15) is 5.10 Å². The smallest absolute Gasteiger partial charge is 0.410 e. The van der Waals surface area contributed by atoms with Crippen LogP contribution in [0.15, 0.2) is 0 Å². The van der Waals surface area contributed by atoms with E-state index in [2.05, 4.69) is 5.10 Å². The normalized spacial score (nSPS) is 16.0. The van der Waals surface area contributed by atoms with Crippen molar-refractivity contribution in [2.45, 2.75) is 52.2 Å². The maximum Gasteiger partial charge on any atom is 0.410 e. The molecule has 0 spiro atoms. The maximum atomic E-state index is 12.3. The highest BCUT2D eigenvalue weighted by Crippen LogP contribution is 2.27. The van der Waals surface area contributed by atoms with Crippen molar-refractivity contribution in [1.82, 2.24) is 14.7 Å². The average Bonchev–Trinajstić information content (AvgIpc) is 2.62. The first-order valence-corrected chi connectivity index (χ1v) is 7.38. The number of methoxy groups -OCH3 is 1. The molecule has 0 N–H and O–H groups in total. The topological polar surface area (TPSA) is 56.6 Å². The summed E-state index contributed by atoms with van der Waals surface area (Å²) in [6.07, 6.45) is 2.61. The summed E-state index contributed by atoms with van der Waals surface area (Å²) in [5.74, 6) is 0.723. The minimum atomic E-state index is -0.485. The standard InChI is InChI=1S/C15H25N3O3/c1-15(2,3)21-14(19)18-9-7-6-8-12-11(10-18)13(20-5)17(4)16-12/h6-10H2,1-5H3. The number of hydrogen-bond donors (Lipinski definition) is 0. The Labute approximate surface area is 126 Å². The summed E-state index contributed by atoms with van der Waals surface area (Å²) in [6.45, 7) is 6.83. The van der Waals surface area contributed by atoms with Gasteiger partial charge in [0.05, 0.1) is 24.9 Å². The molecule has 0 fully saturated rings. The summed E-state index contributed by atoms with van der Waals surface area (Å²) in [5.41, 5.74) is 1.52. The predicted octanol–water partition coefficient (Wildman–Crippen LogP) is 2.50. The van der Waals surface area contributed by atoms with Crippen LogP contribution in [-0.4, -0.2) is 40.0 Å². The van der Waals surface area contributed by atoms with Crippen molar-refractivity contribution in [3.63, 3.8) is 0 Å². The molecule has 1 aliphatic heterocycles. The number of nitrogens with zero attached hydrogens (tertiary/aromatic N) is 3. The molecule has 0 saturated carbocycles. The molecule has 6 nitrogen and oxygen atoms in total. The number of aromatic nitrogens is 2. The molecule has 0 saturated heterocycles. The van der Waals surface area contributed by atoms with Crippen molar-refractivity contribution in [2.24, 2.45) is 7.05 Å².